The zero-order valence-electron chi connectivity index (χ0n) is 12.4. The Kier molecular flexibility index (Phi) is 3.43. The third-order valence-corrected chi connectivity index (χ3v) is 3.52. The zero-order valence-corrected chi connectivity index (χ0v) is 12.4. The topological polar surface area (TPSA) is 69.7 Å². The number of hydrogen-bond donors (Lipinski definition) is 2. The number of aromatic amines is 1. The zero-order chi connectivity index (χ0) is 14.8. The molecule has 2 heterocycles. The highest BCUT2D eigenvalue weighted by Crippen LogP contribution is 2.23. The number of imidazole rings is 1. The van der Waals surface area contributed by atoms with Crippen LogP contribution in [0.1, 0.15) is 11.1 Å². The molecule has 0 aliphatic rings. The fourth-order valence-electron chi connectivity index (χ4n) is 2.32. The van der Waals surface area contributed by atoms with Crippen LogP contribution in [0.25, 0.3) is 11.2 Å². The summed E-state index contributed by atoms with van der Waals surface area (Å²) in [5.41, 5.74) is 4.07. The highest BCUT2D eigenvalue weighted by atomic mass is 15.2. The second-order valence-electron chi connectivity index (χ2n) is 5.00. The quantitative estimate of drug-likeness (QED) is 0.768. The van der Waals surface area contributed by atoms with Crippen LogP contribution in [0.15, 0.2) is 30.6 Å². The lowest BCUT2D eigenvalue weighted by atomic mass is 10.1. The van der Waals surface area contributed by atoms with Gasteiger partial charge in [-0.3, -0.25) is 0 Å². The number of fused-ring (bicyclic) bond motifs is 1. The summed E-state index contributed by atoms with van der Waals surface area (Å²) in [7, 11) is 3.83. The van der Waals surface area contributed by atoms with Crippen molar-refractivity contribution in [3.8, 4) is 0 Å². The van der Waals surface area contributed by atoms with E-state index in [4.69, 9.17) is 0 Å². The van der Waals surface area contributed by atoms with E-state index in [1.165, 1.54) is 11.1 Å². The number of nitrogens with one attached hydrogen (secondary N) is 2. The molecule has 0 unspecified atom stereocenters. The molecule has 0 aliphatic heterocycles. The van der Waals surface area contributed by atoms with Gasteiger partial charge in [-0.2, -0.15) is 9.97 Å². The largest absolute Gasteiger partial charge is 0.357 e. The van der Waals surface area contributed by atoms with E-state index in [0.29, 0.717) is 11.6 Å². The first-order chi connectivity index (χ1) is 10.2. The van der Waals surface area contributed by atoms with Crippen molar-refractivity contribution in [3.05, 3.63) is 41.7 Å². The third kappa shape index (κ3) is 2.52. The molecule has 0 aliphatic carbocycles. The normalized spacial score (nSPS) is 10.8. The summed E-state index contributed by atoms with van der Waals surface area (Å²) >= 11 is 0. The second kappa shape index (κ2) is 5.40. The summed E-state index contributed by atoms with van der Waals surface area (Å²) in [6, 6.07) is 8.36. The highest BCUT2D eigenvalue weighted by molar-refractivity contribution is 5.84. The van der Waals surface area contributed by atoms with Gasteiger partial charge in [0.1, 0.15) is 5.52 Å². The smallest absolute Gasteiger partial charge is 0.226 e. The summed E-state index contributed by atoms with van der Waals surface area (Å²) in [6.07, 6.45) is 1.64. The monoisotopic (exact) mass is 282 g/mol. The van der Waals surface area contributed by atoms with Crippen LogP contribution in [0, 0.1) is 6.92 Å². The van der Waals surface area contributed by atoms with Crippen LogP contribution >= 0.6 is 0 Å². The average Bonchev–Trinajstić information content (AvgIpc) is 2.96. The Morgan fingerprint density at radius 1 is 1.24 bits per heavy atom. The molecule has 2 N–H and O–H groups in total. The van der Waals surface area contributed by atoms with Crippen LogP contribution in [0.5, 0.6) is 0 Å². The van der Waals surface area contributed by atoms with E-state index in [0.717, 1.165) is 17.9 Å². The number of aryl methyl sites for hydroxylation is 1. The van der Waals surface area contributed by atoms with E-state index in [1.54, 1.807) is 13.4 Å². The van der Waals surface area contributed by atoms with Gasteiger partial charge in [0.15, 0.2) is 11.5 Å². The van der Waals surface area contributed by atoms with Crippen LogP contribution in [0.4, 0.5) is 11.8 Å². The molecule has 1 aromatic carbocycles. The Morgan fingerprint density at radius 3 is 2.81 bits per heavy atom. The number of benzene rings is 1. The molecule has 0 fully saturated rings. The Morgan fingerprint density at radius 2 is 2.05 bits per heavy atom. The van der Waals surface area contributed by atoms with Crippen molar-refractivity contribution < 1.29 is 0 Å². The van der Waals surface area contributed by atoms with Gasteiger partial charge in [0, 0.05) is 20.6 Å². The first-order valence-corrected chi connectivity index (χ1v) is 6.83. The second-order valence-corrected chi connectivity index (χ2v) is 5.00. The highest BCUT2D eigenvalue weighted by Gasteiger charge is 2.14. The Balaban J connectivity index is 1.99. The van der Waals surface area contributed by atoms with Gasteiger partial charge in [-0.05, 0) is 18.1 Å². The number of rotatable bonds is 4. The minimum atomic E-state index is 0.571. The number of aromatic nitrogens is 4. The molecule has 6 nitrogen and oxygen atoms in total. The summed E-state index contributed by atoms with van der Waals surface area (Å²) in [6.45, 7) is 2.90. The van der Waals surface area contributed by atoms with E-state index >= 15 is 0 Å². The molecule has 0 radical (unpaired) electrons. The Hall–Kier alpha value is -2.63. The van der Waals surface area contributed by atoms with Gasteiger partial charge in [0.25, 0.3) is 0 Å². The summed E-state index contributed by atoms with van der Waals surface area (Å²) in [5, 5.41) is 2.98. The number of H-pyrrole nitrogens is 1. The lowest BCUT2D eigenvalue weighted by molar-refractivity contribution is 0.892. The molecule has 0 atom stereocenters. The van der Waals surface area contributed by atoms with Crippen LogP contribution in [0.2, 0.25) is 0 Å². The van der Waals surface area contributed by atoms with Crippen molar-refractivity contribution in [1.29, 1.82) is 0 Å². The lowest BCUT2D eigenvalue weighted by Gasteiger charge is -2.20. The van der Waals surface area contributed by atoms with E-state index in [9.17, 15) is 0 Å². The first kappa shape index (κ1) is 13.4. The standard InChI is InChI=1S/C15H18N6/c1-10-6-4-5-7-11(10)8-21(3)14-12-13(18-9-17-12)19-15(16-2)20-14/h4-7,9H,8H2,1-3H3,(H2,16,17,18,19,20). The van der Waals surface area contributed by atoms with Crippen LogP contribution < -0.4 is 10.2 Å². The average molecular weight is 282 g/mol. The molecular weight excluding hydrogens is 264 g/mol. The predicted octanol–water partition coefficient (Wildman–Crippen LogP) is 2.34. The van der Waals surface area contributed by atoms with Gasteiger partial charge in [0.2, 0.25) is 5.95 Å². The maximum absolute atomic E-state index is 4.55. The third-order valence-electron chi connectivity index (χ3n) is 3.52. The molecule has 21 heavy (non-hydrogen) atoms. The first-order valence-electron chi connectivity index (χ1n) is 6.83. The van der Waals surface area contributed by atoms with E-state index < -0.39 is 0 Å². The fourth-order valence-corrected chi connectivity index (χ4v) is 2.32. The number of hydrogen-bond acceptors (Lipinski definition) is 5. The summed E-state index contributed by atoms with van der Waals surface area (Å²) in [5.74, 6) is 1.41. The van der Waals surface area contributed by atoms with Gasteiger partial charge in [0.05, 0.1) is 6.33 Å². The summed E-state index contributed by atoms with van der Waals surface area (Å²) in [4.78, 5) is 18.3. The van der Waals surface area contributed by atoms with Gasteiger partial charge in [-0.25, -0.2) is 4.98 Å². The van der Waals surface area contributed by atoms with Crippen molar-refractivity contribution in [1.82, 2.24) is 19.9 Å². The van der Waals surface area contributed by atoms with E-state index in [1.807, 2.05) is 7.05 Å². The van der Waals surface area contributed by atoms with E-state index in [-0.39, 0.29) is 0 Å². The molecule has 0 saturated heterocycles. The van der Waals surface area contributed by atoms with Crippen LogP contribution in [0.3, 0.4) is 0 Å². The Labute approximate surface area is 123 Å². The van der Waals surface area contributed by atoms with Gasteiger partial charge in [-0.15, -0.1) is 0 Å². The molecule has 6 heteroatoms. The Bertz CT molecular complexity index is 764. The van der Waals surface area contributed by atoms with Crippen molar-refractivity contribution >= 4 is 22.9 Å². The van der Waals surface area contributed by atoms with Gasteiger partial charge >= 0.3 is 0 Å². The number of nitrogens with zero attached hydrogens (tertiary/aromatic N) is 4. The lowest BCUT2D eigenvalue weighted by Crippen LogP contribution is -2.19. The molecule has 0 bridgehead atoms. The van der Waals surface area contributed by atoms with Crippen molar-refractivity contribution in [3.63, 3.8) is 0 Å². The van der Waals surface area contributed by atoms with Crippen LogP contribution in [-0.2, 0) is 6.54 Å². The molecule has 0 saturated carbocycles. The molecule has 0 spiro atoms. The predicted molar refractivity (Wildman–Crippen MR) is 84.5 cm³/mol. The SMILES string of the molecule is CNc1nc(N(C)Cc2ccccc2C)c2[nH]cnc2n1. The minimum Gasteiger partial charge on any atom is -0.357 e. The molecule has 0 amide bonds. The maximum Gasteiger partial charge on any atom is 0.226 e. The maximum atomic E-state index is 4.55. The molecule has 3 rings (SSSR count). The molecule has 2 aromatic heterocycles. The molecule has 3 aromatic rings. The van der Waals surface area contributed by atoms with Gasteiger partial charge < -0.3 is 15.2 Å². The van der Waals surface area contributed by atoms with Gasteiger partial charge in [-0.1, -0.05) is 24.3 Å². The minimum absolute atomic E-state index is 0.571. The fraction of sp³-hybridized carbons (Fsp3) is 0.267. The molecule has 108 valence electrons. The van der Waals surface area contributed by atoms with Crippen molar-refractivity contribution in [2.75, 3.05) is 24.3 Å². The van der Waals surface area contributed by atoms with Crippen molar-refractivity contribution in [2.45, 2.75) is 13.5 Å². The summed E-state index contributed by atoms with van der Waals surface area (Å²) < 4.78 is 0. The van der Waals surface area contributed by atoms with E-state index in [2.05, 4.69) is 61.3 Å². The number of anilines is 2. The van der Waals surface area contributed by atoms with Crippen molar-refractivity contribution in [2.24, 2.45) is 0 Å². The van der Waals surface area contributed by atoms with Crippen LogP contribution in [-0.4, -0.2) is 34.0 Å². The molecular formula is C15H18N6.